The second-order valence-corrected chi connectivity index (χ2v) is 5.45. The minimum atomic E-state index is -0.0620. The van der Waals surface area contributed by atoms with E-state index in [0.29, 0.717) is 23.6 Å². The number of aryl methyl sites for hydroxylation is 1. The van der Waals surface area contributed by atoms with Crippen LogP contribution in [0.4, 0.5) is 5.95 Å². The van der Waals surface area contributed by atoms with Gasteiger partial charge in [-0.25, -0.2) is 4.98 Å². The van der Waals surface area contributed by atoms with E-state index in [0.717, 1.165) is 17.6 Å². The Labute approximate surface area is 134 Å². The van der Waals surface area contributed by atoms with E-state index in [1.54, 1.807) is 6.07 Å². The third-order valence-corrected chi connectivity index (χ3v) is 3.64. The van der Waals surface area contributed by atoms with E-state index in [1.807, 2.05) is 23.6 Å². The predicted octanol–water partition coefficient (Wildman–Crippen LogP) is 2.82. The smallest absolute Gasteiger partial charge is 0.240 e. The number of carbonyl (C=O) groups excluding carboxylic acids is 1. The zero-order valence-corrected chi connectivity index (χ0v) is 13.3. The maximum absolute atomic E-state index is 11.9. The topological polar surface area (TPSA) is 59.0 Å². The summed E-state index contributed by atoms with van der Waals surface area (Å²) in [4.78, 5) is 16.3. The number of anilines is 1. The third-order valence-electron chi connectivity index (χ3n) is 3.41. The highest BCUT2D eigenvalue weighted by atomic mass is 35.5. The molecule has 7 heteroatoms. The normalized spacial score (nSPS) is 14.0. The summed E-state index contributed by atoms with van der Waals surface area (Å²) in [5.41, 5.74) is 1.77. The van der Waals surface area contributed by atoms with E-state index in [4.69, 9.17) is 11.6 Å². The highest BCUT2D eigenvalue weighted by Gasteiger charge is 2.21. The Balaban J connectivity index is 0.00000161. The van der Waals surface area contributed by atoms with Crippen molar-refractivity contribution < 1.29 is 4.79 Å². The number of nitrogens with one attached hydrogen (secondary N) is 2. The highest BCUT2D eigenvalue weighted by Crippen LogP contribution is 2.23. The molecule has 0 aliphatic heterocycles. The standard InChI is InChI=1S/C14H17ClN4O.ClH/c1-2-19-12-6-3-9(15)7-11(12)17-14(19)18-13(20)8-16-10-4-5-10;/h3,6-7,10,16H,2,4-5,8H2,1H3,(H,17,18,20);1H. The number of rotatable bonds is 5. The molecule has 114 valence electrons. The van der Waals surface area contributed by atoms with Crippen LogP contribution in [0.2, 0.25) is 5.02 Å². The van der Waals surface area contributed by atoms with E-state index >= 15 is 0 Å². The Bertz CT molecular complexity index is 652. The molecule has 3 rings (SSSR count). The molecule has 0 spiro atoms. The molecule has 1 saturated carbocycles. The molecule has 1 aromatic carbocycles. The van der Waals surface area contributed by atoms with Gasteiger partial charge in [0.1, 0.15) is 0 Å². The Morgan fingerprint density at radius 1 is 1.48 bits per heavy atom. The first-order valence-corrected chi connectivity index (χ1v) is 7.24. The summed E-state index contributed by atoms with van der Waals surface area (Å²) in [5.74, 6) is 0.514. The van der Waals surface area contributed by atoms with Gasteiger partial charge in [0.15, 0.2) is 0 Å². The summed E-state index contributed by atoms with van der Waals surface area (Å²) in [6, 6.07) is 6.08. The van der Waals surface area contributed by atoms with Crippen LogP contribution in [0.5, 0.6) is 0 Å². The molecule has 0 bridgehead atoms. The summed E-state index contributed by atoms with van der Waals surface area (Å²) in [7, 11) is 0. The zero-order chi connectivity index (χ0) is 14.1. The largest absolute Gasteiger partial charge is 0.310 e. The van der Waals surface area contributed by atoms with Crippen molar-refractivity contribution in [2.75, 3.05) is 11.9 Å². The Morgan fingerprint density at radius 3 is 2.90 bits per heavy atom. The van der Waals surface area contributed by atoms with E-state index in [-0.39, 0.29) is 18.3 Å². The molecular weight excluding hydrogens is 311 g/mol. The lowest BCUT2D eigenvalue weighted by molar-refractivity contribution is -0.115. The van der Waals surface area contributed by atoms with Crippen LogP contribution in [-0.4, -0.2) is 28.0 Å². The number of fused-ring (bicyclic) bond motifs is 1. The molecule has 1 heterocycles. The van der Waals surface area contributed by atoms with Crippen molar-refractivity contribution in [3.63, 3.8) is 0 Å². The summed E-state index contributed by atoms with van der Waals surface area (Å²) >= 11 is 5.97. The molecule has 21 heavy (non-hydrogen) atoms. The van der Waals surface area contributed by atoms with Gasteiger partial charge in [-0.15, -0.1) is 12.4 Å². The molecule has 1 aromatic heterocycles. The fourth-order valence-corrected chi connectivity index (χ4v) is 2.38. The van der Waals surface area contributed by atoms with Crippen LogP contribution in [0, 0.1) is 0 Å². The second kappa shape index (κ2) is 6.64. The van der Waals surface area contributed by atoms with Crippen LogP contribution in [-0.2, 0) is 11.3 Å². The average Bonchev–Trinajstić information content (AvgIpc) is 3.18. The predicted molar refractivity (Wildman–Crippen MR) is 87.3 cm³/mol. The van der Waals surface area contributed by atoms with Gasteiger partial charge in [0.25, 0.3) is 0 Å². The molecule has 1 aliphatic carbocycles. The van der Waals surface area contributed by atoms with Gasteiger partial charge in [-0.1, -0.05) is 11.6 Å². The number of hydrogen-bond donors (Lipinski definition) is 2. The van der Waals surface area contributed by atoms with Crippen molar-refractivity contribution in [3.8, 4) is 0 Å². The van der Waals surface area contributed by atoms with Gasteiger partial charge in [0, 0.05) is 17.6 Å². The third kappa shape index (κ3) is 3.67. The summed E-state index contributed by atoms with van der Waals surface area (Å²) in [6.45, 7) is 3.09. The molecule has 0 unspecified atom stereocenters. The van der Waals surface area contributed by atoms with Crippen LogP contribution >= 0.6 is 24.0 Å². The quantitative estimate of drug-likeness (QED) is 0.887. The second-order valence-electron chi connectivity index (χ2n) is 5.02. The summed E-state index contributed by atoms with van der Waals surface area (Å²) in [5, 5.41) is 6.69. The maximum atomic E-state index is 11.9. The minimum Gasteiger partial charge on any atom is -0.310 e. The van der Waals surface area contributed by atoms with Gasteiger partial charge < -0.3 is 9.88 Å². The number of benzene rings is 1. The molecular formula is C14H18Cl2N4O. The van der Waals surface area contributed by atoms with Crippen LogP contribution in [0.3, 0.4) is 0 Å². The van der Waals surface area contributed by atoms with Gasteiger partial charge in [0.2, 0.25) is 11.9 Å². The number of halogens is 2. The van der Waals surface area contributed by atoms with E-state index < -0.39 is 0 Å². The Hall–Kier alpha value is -1.30. The monoisotopic (exact) mass is 328 g/mol. The van der Waals surface area contributed by atoms with Crippen LogP contribution in [0.25, 0.3) is 11.0 Å². The number of imidazole rings is 1. The fraction of sp³-hybridized carbons (Fsp3) is 0.429. The van der Waals surface area contributed by atoms with Gasteiger partial charge in [0.05, 0.1) is 17.6 Å². The maximum Gasteiger partial charge on any atom is 0.240 e. The van der Waals surface area contributed by atoms with Crippen molar-refractivity contribution in [2.45, 2.75) is 32.4 Å². The van der Waals surface area contributed by atoms with Gasteiger partial charge in [-0.3, -0.25) is 10.1 Å². The molecule has 0 radical (unpaired) electrons. The van der Waals surface area contributed by atoms with Crippen molar-refractivity contribution in [3.05, 3.63) is 23.2 Å². The lowest BCUT2D eigenvalue weighted by Crippen LogP contribution is -2.30. The zero-order valence-electron chi connectivity index (χ0n) is 11.7. The highest BCUT2D eigenvalue weighted by molar-refractivity contribution is 6.31. The first kappa shape index (κ1) is 16.1. The van der Waals surface area contributed by atoms with Gasteiger partial charge in [-0.05, 0) is 38.0 Å². The molecule has 2 N–H and O–H groups in total. The average molecular weight is 329 g/mol. The lowest BCUT2D eigenvalue weighted by atomic mass is 10.3. The molecule has 5 nitrogen and oxygen atoms in total. The number of carbonyl (C=O) groups is 1. The van der Waals surface area contributed by atoms with Crippen LogP contribution < -0.4 is 10.6 Å². The van der Waals surface area contributed by atoms with Gasteiger partial charge in [-0.2, -0.15) is 0 Å². The summed E-state index contributed by atoms with van der Waals surface area (Å²) < 4.78 is 1.97. The van der Waals surface area contributed by atoms with E-state index in [2.05, 4.69) is 15.6 Å². The van der Waals surface area contributed by atoms with Crippen LogP contribution in [0.1, 0.15) is 19.8 Å². The van der Waals surface area contributed by atoms with E-state index in [9.17, 15) is 4.79 Å². The molecule has 1 fully saturated rings. The molecule has 1 aliphatic rings. The van der Waals surface area contributed by atoms with E-state index in [1.165, 1.54) is 12.8 Å². The summed E-state index contributed by atoms with van der Waals surface area (Å²) in [6.07, 6.45) is 2.33. The number of aromatic nitrogens is 2. The minimum absolute atomic E-state index is 0. The van der Waals surface area contributed by atoms with Crippen LogP contribution in [0.15, 0.2) is 18.2 Å². The number of nitrogens with zero attached hydrogens (tertiary/aromatic N) is 2. The number of amides is 1. The van der Waals surface area contributed by atoms with Crippen molar-refractivity contribution in [2.24, 2.45) is 0 Å². The first-order chi connectivity index (χ1) is 9.67. The van der Waals surface area contributed by atoms with Crippen molar-refractivity contribution in [1.29, 1.82) is 0 Å². The molecule has 1 amide bonds. The molecule has 0 saturated heterocycles. The molecule has 0 atom stereocenters. The van der Waals surface area contributed by atoms with Crippen molar-refractivity contribution in [1.82, 2.24) is 14.9 Å². The SMILES string of the molecule is CCn1c(NC(=O)CNC2CC2)nc2cc(Cl)ccc21.Cl. The van der Waals surface area contributed by atoms with Crippen molar-refractivity contribution >= 4 is 46.9 Å². The lowest BCUT2D eigenvalue weighted by Gasteiger charge is -2.08. The Kier molecular flexibility index (Phi) is 5.08. The molecule has 2 aromatic rings. The fourth-order valence-electron chi connectivity index (χ4n) is 2.21. The first-order valence-electron chi connectivity index (χ1n) is 6.86. The number of hydrogen-bond acceptors (Lipinski definition) is 3. The van der Waals surface area contributed by atoms with Gasteiger partial charge >= 0.3 is 0 Å². The Morgan fingerprint density at radius 2 is 2.24 bits per heavy atom.